The summed E-state index contributed by atoms with van der Waals surface area (Å²) in [7, 11) is 0. The first-order valence-corrected chi connectivity index (χ1v) is 7.51. The molecule has 0 fully saturated rings. The predicted octanol–water partition coefficient (Wildman–Crippen LogP) is 2.44. The third-order valence-electron chi connectivity index (χ3n) is 3.40. The molecule has 0 radical (unpaired) electrons. The number of amides is 1. The van der Waals surface area contributed by atoms with Crippen LogP contribution in [0.25, 0.3) is 0 Å². The Balaban J connectivity index is 2.31. The summed E-state index contributed by atoms with van der Waals surface area (Å²) in [6.07, 6.45) is -2.39. The maximum absolute atomic E-state index is 12.3. The van der Waals surface area contributed by atoms with E-state index in [0.29, 0.717) is 11.4 Å². The van der Waals surface area contributed by atoms with Crippen LogP contribution in [0, 0.1) is 5.41 Å². The third-order valence-corrected chi connectivity index (χ3v) is 3.40. The molecule has 0 spiro atoms. The Labute approximate surface area is 152 Å². The van der Waals surface area contributed by atoms with E-state index in [1.165, 1.54) is 23.2 Å². The first kappa shape index (κ1) is 19.8. The van der Waals surface area contributed by atoms with Gasteiger partial charge in [-0.05, 0) is 36.4 Å². The largest absolute Gasteiger partial charge is 0.573 e. The molecule has 0 aromatic heterocycles. The molecule has 7 nitrogen and oxygen atoms in total. The molecule has 0 unspecified atom stereocenters. The van der Waals surface area contributed by atoms with Crippen LogP contribution in [0.3, 0.4) is 0 Å². The highest BCUT2D eigenvalue weighted by Crippen LogP contribution is 2.29. The van der Waals surface area contributed by atoms with Gasteiger partial charge in [-0.3, -0.25) is 10.2 Å². The number of hydrogen-bond donors (Lipinski definition) is 3. The first-order valence-electron chi connectivity index (χ1n) is 7.51. The van der Waals surface area contributed by atoms with Gasteiger partial charge in [-0.1, -0.05) is 13.2 Å². The monoisotopic (exact) mass is 379 g/mol. The minimum atomic E-state index is -4.80. The van der Waals surface area contributed by atoms with E-state index in [9.17, 15) is 18.0 Å². The van der Waals surface area contributed by atoms with Crippen LogP contribution in [0.2, 0.25) is 0 Å². The van der Waals surface area contributed by atoms with E-state index in [1.807, 2.05) is 0 Å². The molecule has 27 heavy (non-hydrogen) atoms. The minimum Gasteiger partial charge on any atom is -0.406 e. The molecule has 0 aliphatic carbocycles. The normalized spacial score (nSPS) is 15.9. The summed E-state index contributed by atoms with van der Waals surface area (Å²) in [6, 6.07) is 4.82. The van der Waals surface area contributed by atoms with Crippen LogP contribution in [0.5, 0.6) is 5.75 Å². The van der Waals surface area contributed by atoms with Gasteiger partial charge in [0, 0.05) is 5.70 Å². The van der Waals surface area contributed by atoms with Crippen LogP contribution in [0.4, 0.5) is 18.9 Å². The average Bonchev–Trinajstić information content (AvgIpc) is 2.94. The second-order valence-corrected chi connectivity index (χ2v) is 5.21. The standard InChI is InChI=1S/C17H16F3N5O2/c1-3-12(21)15-13(9-23-14(26)4-2)24-25(16(15)22)10-5-7-11(8-6-10)27-17(18,19)20/h3-8,22H,1-2,9,21H2,(H,23,26)/b15-12+,22-16?. The van der Waals surface area contributed by atoms with Gasteiger partial charge in [-0.15, -0.1) is 13.2 Å². The number of benzene rings is 1. The average molecular weight is 379 g/mol. The maximum Gasteiger partial charge on any atom is 0.573 e. The number of alkyl halides is 3. The molecule has 1 amide bonds. The minimum absolute atomic E-state index is 0.0249. The lowest BCUT2D eigenvalue weighted by Crippen LogP contribution is -2.29. The molecule has 1 heterocycles. The summed E-state index contributed by atoms with van der Waals surface area (Å²) in [4.78, 5) is 11.4. The van der Waals surface area contributed by atoms with Crippen molar-refractivity contribution in [2.75, 3.05) is 11.6 Å². The SMILES string of the molecule is C=CC(=O)NCC1=NN(c2ccc(OC(F)(F)F)cc2)C(=N)/C1=C(/N)C=C. The van der Waals surface area contributed by atoms with Crippen LogP contribution in [0.1, 0.15) is 0 Å². The number of halogens is 3. The summed E-state index contributed by atoms with van der Waals surface area (Å²) in [5.74, 6) is -0.951. The van der Waals surface area contributed by atoms with Gasteiger partial charge in [0.1, 0.15) is 5.75 Å². The van der Waals surface area contributed by atoms with Crippen molar-refractivity contribution in [3.63, 3.8) is 0 Å². The lowest BCUT2D eigenvalue weighted by molar-refractivity contribution is -0.274. The number of hydrazone groups is 1. The van der Waals surface area contributed by atoms with E-state index < -0.39 is 18.0 Å². The van der Waals surface area contributed by atoms with Crippen molar-refractivity contribution >= 4 is 23.1 Å². The highest BCUT2D eigenvalue weighted by molar-refractivity contribution is 6.32. The van der Waals surface area contributed by atoms with E-state index >= 15 is 0 Å². The smallest absolute Gasteiger partial charge is 0.406 e. The van der Waals surface area contributed by atoms with E-state index in [2.05, 4.69) is 28.3 Å². The number of ether oxygens (including phenoxy) is 1. The molecule has 1 aliphatic heterocycles. The Hall–Kier alpha value is -3.56. The number of hydrogen-bond acceptors (Lipinski definition) is 5. The second kappa shape index (κ2) is 7.77. The van der Waals surface area contributed by atoms with Gasteiger partial charge < -0.3 is 15.8 Å². The highest BCUT2D eigenvalue weighted by atomic mass is 19.4. The van der Waals surface area contributed by atoms with Gasteiger partial charge in [-0.25, -0.2) is 5.01 Å². The molecule has 1 aromatic carbocycles. The van der Waals surface area contributed by atoms with Gasteiger partial charge in [0.05, 0.1) is 23.5 Å². The van der Waals surface area contributed by atoms with Gasteiger partial charge in [-0.2, -0.15) is 5.10 Å². The van der Waals surface area contributed by atoms with Crippen molar-refractivity contribution in [2.24, 2.45) is 10.8 Å². The van der Waals surface area contributed by atoms with Crippen molar-refractivity contribution in [3.05, 3.63) is 60.8 Å². The van der Waals surface area contributed by atoms with E-state index in [4.69, 9.17) is 11.1 Å². The molecule has 0 saturated carbocycles. The van der Waals surface area contributed by atoms with Crippen molar-refractivity contribution in [3.8, 4) is 5.75 Å². The number of nitrogens with two attached hydrogens (primary N) is 1. The molecule has 2 rings (SSSR count). The lowest BCUT2D eigenvalue weighted by Gasteiger charge is -2.15. The number of nitrogens with zero attached hydrogens (tertiary/aromatic N) is 2. The molecule has 0 atom stereocenters. The summed E-state index contributed by atoms with van der Waals surface area (Å²) in [6.45, 7) is 6.86. The zero-order valence-corrected chi connectivity index (χ0v) is 14.0. The number of carbonyl (C=O) groups is 1. The van der Waals surface area contributed by atoms with Crippen LogP contribution < -0.4 is 20.8 Å². The number of carbonyl (C=O) groups excluding carboxylic acids is 1. The third kappa shape index (κ3) is 4.75. The summed E-state index contributed by atoms with van der Waals surface area (Å²) in [5.41, 5.74) is 6.90. The molecular formula is C17H16F3N5O2. The fourth-order valence-electron chi connectivity index (χ4n) is 2.21. The predicted molar refractivity (Wildman–Crippen MR) is 95.4 cm³/mol. The fourth-order valence-corrected chi connectivity index (χ4v) is 2.21. The topological polar surface area (TPSA) is 104 Å². The van der Waals surface area contributed by atoms with E-state index in [1.54, 1.807) is 0 Å². The molecule has 142 valence electrons. The molecular weight excluding hydrogens is 363 g/mol. The molecule has 4 N–H and O–H groups in total. The van der Waals surface area contributed by atoms with Gasteiger partial charge in [0.2, 0.25) is 5.91 Å². The maximum atomic E-state index is 12.3. The molecule has 10 heteroatoms. The van der Waals surface area contributed by atoms with Crippen LogP contribution in [-0.4, -0.2) is 30.4 Å². The Kier molecular flexibility index (Phi) is 5.69. The summed E-state index contributed by atoms with van der Waals surface area (Å²) >= 11 is 0. The zero-order valence-electron chi connectivity index (χ0n) is 14.0. The van der Waals surface area contributed by atoms with Crippen molar-refractivity contribution in [2.45, 2.75) is 6.36 Å². The zero-order chi connectivity index (χ0) is 20.2. The second-order valence-electron chi connectivity index (χ2n) is 5.21. The van der Waals surface area contributed by atoms with Gasteiger partial charge in [0.15, 0.2) is 5.84 Å². The quantitative estimate of drug-likeness (QED) is 0.661. The Morgan fingerprint density at radius 1 is 1.30 bits per heavy atom. The number of anilines is 1. The van der Waals surface area contributed by atoms with Crippen molar-refractivity contribution in [1.29, 1.82) is 5.41 Å². The number of amidine groups is 1. The van der Waals surface area contributed by atoms with Crippen LogP contribution in [-0.2, 0) is 4.79 Å². The highest BCUT2D eigenvalue weighted by Gasteiger charge is 2.32. The number of nitrogens with one attached hydrogen (secondary N) is 2. The fraction of sp³-hybridized carbons (Fsp3) is 0.118. The lowest BCUT2D eigenvalue weighted by atomic mass is 10.1. The van der Waals surface area contributed by atoms with Crippen LogP contribution in [0.15, 0.2) is 65.9 Å². The van der Waals surface area contributed by atoms with Crippen LogP contribution >= 0.6 is 0 Å². The van der Waals surface area contributed by atoms with E-state index in [-0.39, 0.29) is 23.7 Å². The molecule has 0 bridgehead atoms. The Bertz CT molecular complexity index is 841. The van der Waals surface area contributed by atoms with Gasteiger partial charge >= 0.3 is 6.36 Å². The van der Waals surface area contributed by atoms with E-state index in [0.717, 1.165) is 18.2 Å². The number of allylic oxidation sites excluding steroid dienone is 1. The number of rotatable bonds is 6. The summed E-state index contributed by atoms with van der Waals surface area (Å²) < 4.78 is 40.6. The first-order chi connectivity index (χ1) is 12.7. The van der Waals surface area contributed by atoms with Crippen molar-refractivity contribution < 1.29 is 22.7 Å². The molecule has 0 saturated heterocycles. The molecule has 1 aliphatic rings. The van der Waals surface area contributed by atoms with Gasteiger partial charge in [0.25, 0.3) is 0 Å². The Morgan fingerprint density at radius 3 is 2.44 bits per heavy atom. The molecule has 1 aromatic rings. The summed E-state index contributed by atoms with van der Waals surface area (Å²) in [5, 5.41) is 16.2. The van der Waals surface area contributed by atoms with Crippen molar-refractivity contribution in [1.82, 2.24) is 5.32 Å². The Morgan fingerprint density at radius 2 is 1.93 bits per heavy atom.